The Hall–Kier alpha value is -2.38. The molecule has 2 rings (SSSR count). The average molecular weight is 236 g/mol. The Kier molecular flexibility index (Phi) is 2.77. The highest BCUT2D eigenvalue weighted by Crippen LogP contribution is 2.27. The van der Waals surface area contributed by atoms with E-state index >= 15 is 0 Å². The fraction of sp³-hybridized carbons (Fsp3) is 0.333. The molecule has 0 unspecified atom stereocenters. The number of anilines is 1. The van der Waals surface area contributed by atoms with Gasteiger partial charge in [0.1, 0.15) is 5.69 Å². The highest BCUT2D eigenvalue weighted by Gasteiger charge is 2.23. The van der Waals surface area contributed by atoms with Gasteiger partial charge in [0, 0.05) is 25.4 Å². The van der Waals surface area contributed by atoms with Crippen LogP contribution in [-0.2, 0) is 13.6 Å². The molecule has 8 heteroatoms. The van der Waals surface area contributed by atoms with Crippen molar-refractivity contribution >= 4 is 11.5 Å². The monoisotopic (exact) mass is 236 g/mol. The third-order valence-corrected chi connectivity index (χ3v) is 2.39. The Bertz CT molecular complexity index is 530. The fourth-order valence-corrected chi connectivity index (χ4v) is 1.62. The second-order valence-corrected chi connectivity index (χ2v) is 3.62. The maximum absolute atomic E-state index is 10.9. The summed E-state index contributed by atoms with van der Waals surface area (Å²) in [6, 6.07) is 0. The van der Waals surface area contributed by atoms with E-state index in [0.29, 0.717) is 18.1 Å². The van der Waals surface area contributed by atoms with Crippen molar-refractivity contribution in [1.29, 1.82) is 0 Å². The van der Waals surface area contributed by atoms with Crippen LogP contribution in [-0.4, -0.2) is 24.9 Å². The Morgan fingerprint density at radius 3 is 3.00 bits per heavy atom. The Labute approximate surface area is 96.8 Å². The molecule has 2 aromatic heterocycles. The summed E-state index contributed by atoms with van der Waals surface area (Å²) >= 11 is 0. The number of nitro groups is 1. The Balaban J connectivity index is 2.23. The molecular formula is C9H12N6O2. The molecule has 90 valence electrons. The van der Waals surface area contributed by atoms with Crippen LogP contribution in [0.15, 0.2) is 12.4 Å². The second kappa shape index (κ2) is 4.24. The number of rotatable bonds is 4. The predicted molar refractivity (Wildman–Crippen MR) is 60.5 cm³/mol. The summed E-state index contributed by atoms with van der Waals surface area (Å²) in [7, 11) is 1.66. The van der Waals surface area contributed by atoms with Crippen LogP contribution in [0.3, 0.4) is 0 Å². The molecule has 2 N–H and O–H groups in total. The van der Waals surface area contributed by atoms with Crippen LogP contribution in [0.25, 0.3) is 0 Å². The molecule has 0 spiro atoms. The van der Waals surface area contributed by atoms with Gasteiger partial charge in [0.15, 0.2) is 0 Å². The summed E-state index contributed by atoms with van der Waals surface area (Å²) < 4.78 is 1.47. The van der Waals surface area contributed by atoms with Crippen LogP contribution < -0.4 is 5.32 Å². The summed E-state index contributed by atoms with van der Waals surface area (Å²) in [6.07, 6.45) is 3.38. The molecule has 0 bridgehead atoms. The van der Waals surface area contributed by atoms with Crippen molar-refractivity contribution < 1.29 is 4.92 Å². The number of aromatic nitrogens is 4. The van der Waals surface area contributed by atoms with Crippen molar-refractivity contribution in [3.8, 4) is 0 Å². The smallest absolute Gasteiger partial charge is 0.333 e. The molecule has 2 aromatic rings. The minimum Gasteiger partial charge on any atom is -0.360 e. The lowest BCUT2D eigenvalue weighted by Gasteiger charge is -2.03. The van der Waals surface area contributed by atoms with Crippen molar-refractivity contribution in [2.24, 2.45) is 7.05 Å². The first-order valence-electron chi connectivity index (χ1n) is 4.99. The van der Waals surface area contributed by atoms with Gasteiger partial charge in [-0.25, -0.2) is 4.68 Å². The van der Waals surface area contributed by atoms with E-state index in [1.165, 1.54) is 4.68 Å². The van der Waals surface area contributed by atoms with E-state index in [4.69, 9.17) is 0 Å². The van der Waals surface area contributed by atoms with Crippen LogP contribution in [0, 0.1) is 17.0 Å². The minimum absolute atomic E-state index is 0.0102. The van der Waals surface area contributed by atoms with Gasteiger partial charge in [0.2, 0.25) is 5.82 Å². The standard InChI is InChI=1S/C9H12N6O2/c1-6-8(15(16)17)9(14(2)13-6)10-3-7-4-11-12-5-7/h4-5,10H,3H2,1-2H3,(H,11,12). The molecular weight excluding hydrogens is 224 g/mol. The van der Waals surface area contributed by atoms with E-state index in [1.54, 1.807) is 26.4 Å². The summed E-state index contributed by atoms with van der Waals surface area (Å²) in [5.41, 5.74) is 1.32. The highest BCUT2D eigenvalue weighted by atomic mass is 16.6. The first-order chi connectivity index (χ1) is 8.09. The molecule has 0 aliphatic heterocycles. The summed E-state index contributed by atoms with van der Waals surface area (Å²) in [6.45, 7) is 2.07. The zero-order valence-electron chi connectivity index (χ0n) is 9.47. The molecule has 0 atom stereocenters. The van der Waals surface area contributed by atoms with Gasteiger partial charge in [-0.15, -0.1) is 0 Å². The number of aryl methyl sites for hydroxylation is 2. The molecule has 0 fully saturated rings. The molecule has 2 heterocycles. The average Bonchev–Trinajstić information content (AvgIpc) is 2.83. The molecule has 0 saturated heterocycles. The van der Waals surface area contributed by atoms with Crippen molar-refractivity contribution in [1.82, 2.24) is 20.0 Å². The van der Waals surface area contributed by atoms with E-state index in [1.807, 2.05) is 0 Å². The molecule has 0 saturated carbocycles. The zero-order chi connectivity index (χ0) is 12.4. The van der Waals surface area contributed by atoms with Crippen LogP contribution >= 0.6 is 0 Å². The van der Waals surface area contributed by atoms with Crippen LogP contribution in [0.1, 0.15) is 11.3 Å². The number of nitrogens with one attached hydrogen (secondary N) is 2. The SMILES string of the molecule is Cc1nn(C)c(NCc2cn[nH]c2)c1[N+](=O)[O-]. The third kappa shape index (κ3) is 2.10. The second-order valence-electron chi connectivity index (χ2n) is 3.62. The fourth-order valence-electron chi connectivity index (χ4n) is 1.62. The summed E-state index contributed by atoms with van der Waals surface area (Å²) in [5, 5.41) is 24.4. The number of hydrogen-bond acceptors (Lipinski definition) is 5. The Morgan fingerprint density at radius 1 is 1.65 bits per heavy atom. The lowest BCUT2D eigenvalue weighted by Crippen LogP contribution is -2.05. The van der Waals surface area contributed by atoms with E-state index in [-0.39, 0.29) is 5.69 Å². The highest BCUT2D eigenvalue weighted by molar-refractivity contribution is 5.59. The van der Waals surface area contributed by atoms with Crippen LogP contribution in [0.4, 0.5) is 11.5 Å². The summed E-state index contributed by atoms with van der Waals surface area (Å²) in [5.74, 6) is 0.397. The lowest BCUT2D eigenvalue weighted by atomic mass is 10.3. The van der Waals surface area contributed by atoms with Gasteiger partial charge < -0.3 is 5.32 Å². The third-order valence-electron chi connectivity index (χ3n) is 2.39. The number of hydrogen-bond donors (Lipinski definition) is 2. The number of H-pyrrole nitrogens is 1. The first-order valence-corrected chi connectivity index (χ1v) is 4.99. The lowest BCUT2D eigenvalue weighted by molar-refractivity contribution is -0.384. The van der Waals surface area contributed by atoms with Gasteiger partial charge >= 0.3 is 5.69 Å². The van der Waals surface area contributed by atoms with E-state index < -0.39 is 4.92 Å². The van der Waals surface area contributed by atoms with Gasteiger partial charge in [0.25, 0.3) is 0 Å². The topological polar surface area (TPSA) is 102 Å². The Morgan fingerprint density at radius 2 is 2.41 bits per heavy atom. The van der Waals surface area contributed by atoms with Crippen molar-refractivity contribution in [3.63, 3.8) is 0 Å². The van der Waals surface area contributed by atoms with E-state index in [9.17, 15) is 10.1 Å². The van der Waals surface area contributed by atoms with Crippen molar-refractivity contribution in [2.45, 2.75) is 13.5 Å². The molecule has 0 radical (unpaired) electrons. The number of aromatic amines is 1. The maximum Gasteiger partial charge on any atom is 0.333 e. The first kappa shape index (κ1) is 11.1. The predicted octanol–water partition coefficient (Wildman–Crippen LogP) is 0.972. The van der Waals surface area contributed by atoms with Crippen molar-refractivity contribution in [2.75, 3.05) is 5.32 Å². The molecule has 0 aliphatic carbocycles. The molecule has 0 aliphatic rings. The van der Waals surface area contributed by atoms with Crippen LogP contribution in [0.2, 0.25) is 0 Å². The zero-order valence-corrected chi connectivity index (χ0v) is 9.47. The summed E-state index contributed by atoms with van der Waals surface area (Å²) in [4.78, 5) is 10.5. The number of nitrogens with zero attached hydrogens (tertiary/aromatic N) is 4. The molecule has 0 amide bonds. The van der Waals surface area contributed by atoms with E-state index in [0.717, 1.165) is 5.56 Å². The quantitative estimate of drug-likeness (QED) is 0.608. The van der Waals surface area contributed by atoms with Crippen molar-refractivity contribution in [3.05, 3.63) is 33.8 Å². The van der Waals surface area contributed by atoms with E-state index in [2.05, 4.69) is 20.6 Å². The largest absolute Gasteiger partial charge is 0.360 e. The van der Waals surface area contributed by atoms with Gasteiger partial charge in [-0.05, 0) is 6.92 Å². The minimum atomic E-state index is -0.431. The molecule has 17 heavy (non-hydrogen) atoms. The normalized spacial score (nSPS) is 10.5. The maximum atomic E-state index is 10.9. The molecule has 0 aromatic carbocycles. The van der Waals surface area contributed by atoms with Gasteiger partial charge in [-0.2, -0.15) is 10.2 Å². The van der Waals surface area contributed by atoms with Crippen LogP contribution in [0.5, 0.6) is 0 Å². The van der Waals surface area contributed by atoms with Gasteiger partial charge in [0.05, 0.1) is 11.1 Å². The molecule has 8 nitrogen and oxygen atoms in total. The van der Waals surface area contributed by atoms with Gasteiger partial charge in [-0.1, -0.05) is 0 Å². The van der Waals surface area contributed by atoms with Gasteiger partial charge in [-0.3, -0.25) is 15.2 Å².